The summed E-state index contributed by atoms with van der Waals surface area (Å²) in [5.74, 6) is 0.892. The van der Waals surface area contributed by atoms with Gasteiger partial charge in [-0.15, -0.1) is 0 Å². The first-order chi connectivity index (χ1) is 10.3. The zero-order valence-corrected chi connectivity index (χ0v) is 13.9. The molecule has 0 spiro atoms. The molecular weight excluding hydrogens is 328 g/mol. The van der Waals surface area contributed by atoms with E-state index in [-0.39, 0.29) is 0 Å². The second kappa shape index (κ2) is 8.85. The summed E-state index contributed by atoms with van der Waals surface area (Å²) in [5, 5.41) is 0.995. The lowest BCUT2D eigenvalue weighted by atomic mass is 10.1. The monoisotopic (exact) mass is 348 g/mol. The van der Waals surface area contributed by atoms with Crippen molar-refractivity contribution in [3.05, 3.63) is 65.2 Å². The largest absolute Gasteiger partial charge is 0.497 e. The predicted octanol–water partition coefficient (Wildman–Crippen LogP) is 4.39. The molecule has 2 nitrogen and oxygen atoms in total. The molecule has 0 fully saturated rings. The Bertz CT molecular complexity index is 537. The van der Waals surface area contributed by atoms with Crippen molar-refractivity contribution < 1.29 is 9.47 Å². The average molecular weight is 349 g/mol. The molecule has 0 heterocycles. The van der Waals surface area contributed by atoms with Gasteiger partial charge in [-0.05, 0) is 41.7 Å². The highest BCUT2D eigenvalue weighted by Gasteiger charge is 1.98. The number of halogens is 1. The fourth-order valence-electron chi connectivity index (χ4n) is 2.16. The molecule has 2 aromatic rings. The molecule has 3 heteroatoms. The number of methoxy groups -OCH3 is 1. The third-order valence-electron chi connectivity index (χ3n) is 3.34. The van der Waals surface area contributed by atoms with E-state index < -0.39 is 0 Å². The lowest BCUT2D eigenvalue weighted by molar-refractivity contribution is 0.124. The molecule has 0 atom stereocenters. The number of benzene rings is 2. The fraction of sp³-hybridized carbons (Fsp3) is 0.333. The van der Waals surface area contributed by atoms with E-state index in [1.165, 1.54) is 16.7 Å². The van der Waals surface area contributed by atoms with Crippen molar-refractivity contribution in [2.45, 2.75) is 19.4 Å². The summed E-state index contributed by atoms with van der Waals surface area (Å²) < 4.78 is 10.9. The predicted molar refractivity (Wildman–Crippen MR) is 90.3 cm³/mol. The molecule has 2 rings (SSSR count). The molecule has 0 aliphatic heterocycles. The number of rotatable bonds is 8. The van der Waals surface area contributed by atoms with Gasteiger partial charge >= 0.3 is 0 Å². The molecule has 0 N–H and O–H groups in total. The highest BCUT2D eigenvalue weighted by atomic mass is 79.9. The van der Waals surface area contributed by atoms with Crippen molar-refractivity contribution in [2.75, 3.05) is 19.0 Å². The molecule has 0 bridgehead atoms. The van der Waals surface area contributed by atoms with Crippen molar-refractivity contribution in [2.24, 2.45) is 0 Å². The number of aryl methyl sites for hydroxylation is 1. The first-order valence-corrected chi connectivity index (χ1v) is 8.28. The van der Waals surface area contributed by atoms with Crippen molar-refractivity contribution >= 4 is 15.9 Å². The molecule has 21 heavy (non-hydrogen) atoms. The Morgan fingerprint density at radius 1 is 0.905 bits per heavy atom. The topological polar surface area (TPSA) is 18.5 Å². The molecule has 112 valence electrons. The standard InChI is InChI=1S/C18H21BrO2/c1-20-18-7-5-15(6-8-18)10-12-21-14-17-4-2-3-16(13-17)9-11-19/h2-8,13H,9-12,14H2,1H3. The summed E-state index contributed by atoms with van der Waals surface area (Å²) in [5.41, 5.74) is 3.86. The summed E-state index contributed by atoms with van der Waals surface area (Å²) in [6.45, 7) is 1.40. The van der Waals surface area contributed by atoms with Crippen molar-refractivity contribution in [1.82, 2.24) is 0 Å². The van der Waals surface area contributed by atoms with Crippen molar-refractivity contribution in [3.8, 4) is 5.75 Å². The van der Waals surface area contributed by atoms with Crippen LogP contribution in [0.15, 0.2) is 48.5 Å². The van der Waals surface area contributed by atoms with Gasteiger partial charge in [-0.1, -0.05) is 52.3 Å². The normalized spacial score (nSPS) is 10.6. The van der Waals surface area contributed by atoms with E-state index >= 15 is 0 Å². The zero-order chi connectivity index (χ0) is 14.9. The smallest absolute Gasteiger partial charge is 0.118 e. The SMILES string of the molecule is COc1ccc(CCOCc2cccc(CCBr)c2)cc1. The van der Waals surface area contributed by atoms with Gasteiger partial charge in [0.15, 0.2) is 0 Å². The van der Waals surface area contributed by atoms with Gasteiger partial charge in [-0.2, -0.15) is 0 Å². The van der Waals surface area contributed by atoms with Gasteiger partial charge in [0.2, 0.25) is 0 Å². The first kappa shape index (κ1) is 16.1. The Morgan fingerprint density at radius 2 is 1.67 bits per heavy atom. The van der Waals surface area contributed by atoms with Crippen LogP contribution in [0.3, 0.4) is 0 Å². The Balaban J connectivity index is 1.74. The third-order valence-corrected chi connectivity index (χ3v) is 3.73. The molecule has 0 aromatic heterocycles. The maximum Gasteiger partial charge on any atom is 0.118 e. The summed E-state index contributed by atoms with van der Waals surface area (Å²) in [4.78, 5) is 0. The molecule has 0 radical (unpaired) electrons. The van der Waals surface area contributed by atoms with Crippen LogP contribution in [0.4, 0.5) is 0 Å². The van der Waals surface area contributed by atoms with E-state index in [9.17, 15) is 0 Å². The van der Waals surface area contributed by atoms with Crippen LogP contribution in [0.1, 0.15) is 16.7 Å². The molecule has 2 aromatic carbocycles. The van der Waals surface area contributed by atoms with E-state index in [0.29, 0.717) is 6.61 Å². The van der Waals surface area contributed by atoms with Crippen LogP contribution >= 0.6 is 15.9 Å². The van der Waals surface area contributed by atoms with E-state index in [1.807, 2.05) is 12.1 Å². The van der Waals surface area contributed by atoms with Gasteiger partial charge in [0.1, 0.15) is 5.75 Å². The Labute approximate surface area is 135 Å². The molecule has 0 unspecified atom stereocenters. The average Bonchev–Trinajstić information content (AvgIpc) is 2.53. The van der Waals surface area contributed by atoms with Crippen LogP contribution in [0.25, 0.3) is 0 Å². The summed E-state index contributed by atoms with van der Waals surface area (Å²) in [6.07, 6.45) is 1.98. The van der Waals surface area contributed by atoms with E-state index in [4.69, 9.17) is 9.47 Å². The van der Waals surface area contributed by atoms with Crippen LogP contribution in [0.2, 0.25) is 0 Å². The van der Waals surface area contributed by atoms with Crippen molar-refractivity contribution in [1.29, 1.82) is 0 Å². The lowest BCUT2D eigenvalue weighted by Crippen LogP contribution is -2.00. The van der Waals surface area contributed by atoms with Crippen LogP contribution in [-0.4, -0.2) is 19.0 Å². The number of hydrogen-bond donors (Lipinski definition) is 0. The summed E-state index contributed by atoms with van der Waals surface area (Å²) in [7, 11) is 1.68. The Morgan fingerprint density at radius 3 is 2.38 bits per heavy atom. The minimum Gasteiger partial charge on any atom is -0.497 e. The van der Waals surface area contributed by atoms with Gasteiger partial charge < -0.3 is 9.47 Å². The molecule has 0 aliphatic rings. The van der Waals surface area contributed by atoms with E-state index in [0.717, 1.165) is 30.5 Å². The lowest BCUT2D eigenvalue weighted by Gasteiger charge is -2.07. The maximum atomic E-state index is 5.77. The fourth-order valence-corrected chi connectivity index (χ4v) is 2.61. The van der Waals surface area contributed by atoms with Crippen LogP contribution in [0, 0.1) is 0 Å². The number of hydrogen-bond acceptors (Lipinski definition) is 2. The quantitative estimate of drug-likeness (QED) is 0.520. The first-order valence-electron chi connectivity index (χ1n) is 7.16. The number of ether oxygens (including phenoxy) is 2. The Kier molecular flexibility index (Phi) is 6.77. The summed E-state index contributed by atoms with van der Waals surface area (Å²) >= 11 is 3.47. The zero-order valence-electron chi connectivity index (χ0n) is 12.3. The van der Waals surface area contributed by atoms with Crippen LogP contribution in [0.5, 0.6) is 5.75 Å². The Hall–Kier alpha value is -1.32. The second-order valence-electron chi connectivity index (χ2n) is 4.91. The minimum atomic E-state index is 0.673. The van der Waals surface area contributed by atoms with E-state index in [2.05, 4.69) is 52.3 Å². The summed E-state index contributed by atoms with van der Waals surface area (Å²) in [6, 6.07) is 16.7. The van der Waals surface area contributed by atoms with Gasteiger partial charge in [0, 0.05) is 5.33 Å². The second-order valence-corrected chi connectivity index (χ2v) is 5.70. The van der Waals surface area contributed by atoms with Crippen LogP contribution < -0.4 is 4.74 Å². The van der Waals surface area contributed by atoms with Gasteiger partial charge in [0.05, 0.1) is 20.3 Å². The number of alkyl halides is 1. The molecule has 0 saturated carbocycles. The van der Waals surface area contributed by atoms with Crippen LogP contribution in [-0.2, 0) is 24.2 Å². The molecule has 0 saturated heterocycles. The third kappa shape index (κ3) is 5.52. The van der Waals surface area contributed by atoms with Gasteiger partial charge in [-0.3, -0.25) is 0 Å². The minimum absolute atomic E-state index is 0.673. The highest BCUT2D eigenvalue weighted by Crippen LogP contribution is 2.12. The molecular formula is C18H21BrO2. The molecule has 0 aliphatic carbocycles. The van der Waals surface area contributed by atoms with Crippen molar-refractivity contribution in [3.63, 3.8) is 0 Å². The van der Waals surface area contributed by atoms with Gasteiger partial charge in [0.25, 0.3) is 0 Å². The highest BCUT2D eigenvalue weighted by molar-refractivity contribution is 9.09. The van der Waals surface area contributed by atoms with Gasteiger partial charge in [-0.25, -0.2) is 0 Å². The molecule has 0 amide bonds. The maximum absolute atomic E-state index is 5.77. The van der Waals surface area contributed by atoms with E-state index in [1.54, 1.807) is 7.11 Å².